The molecule has 1 heteroatoms. The van der Waals surface area contributed by atoms with Gasteiger partial charge in [0.25, 0.3) is 0 Å². The highest BCUT2D eigenvalue weighted by Crippen LogP contribution is 2.40. The van der Waals surface area contributed by atoms with Crippen LogP contribution in [0.4, 0.5) is 0 Å². The molecule has 4 aliphatic carbocycles. The molecule has 0 bridgehead atoms. The van der Waals surface area contributed by atoms with Gasteiger partial charge in [-0.25, -0.2) is 0 Å². The van der Waals surface area contributed by atoms with Crippen LogP contribution in [-0.2, 0) is 0 Å². The third kappa shape index (κ3) is 2.70. The lowest BCUT2D eigenvalue weighted by molar-refractivity contribution is -0.942. The number of hydrogen-bond acceptors (Lipinski definition) is 0. The summed E-state index contributed by atoms with van der Waals surface area (Å²) >= 11 is 0. The van der Waals surface area contributed by atoms with Gasteiger partial charge in [0.05, 0.1) is 19.1 Å². The Hall–Kier alpha value is -0.560. The highest BCUT2D eigenvalue weighted by Gasteiger charge is 2.44. The SMILES string of the molecule is C[NH+](C1CCCC2CC=CCC21)C1CCCC2CC=CCC21. The topological polar surface area (TPSA) is 4.44 Å². The molecule has 4 rings (SSSR count). The maximum atomic E-state index is 2.57. The van der Waals surface area contributed by atoms with Gasteiger partial charge in [-0.2, -0.15) is 0 Å². The van der Waals surface area contributed by atoms with Gasteiger partial charge < -0.3 is 4.90 Å². The van der Waals surface area contributed by atoms with Gasteiger partial charge >= 0.3 is 0 Å². The second-order valence-electron chi connectivity index (χ2n) is 8.55. The summed E-state index contributed by atoms with van der Waals surface area (Å²) in [5.74, 6) is 3.98. The number of allylic oxidation sites excluding steroid dienone is 4. The first kappa shape index (κ1) is 15.0. The van der Waals surface area contributed by atoms with Gasteiger partial charge in [-0.15, -0.1) is 0 Å². The average Bonchev–Trinajstić information content (AvgIpc) is 2.60. The summed E-state index contributed by atoms with van der Waals surface area (Å²) in [5.41, 5.74) is 0. The van der Waals surface area contributed by atoms with Crippen molar-refractivity contribution in [3.63, 3.8) is 0 Å². The van der Waals surface area contributed by atoms with E-state index in [1.165, 1.54) is 64.2 Å². The lowest BCUT2D eigenvalue weighted by Crippen LogP contribution is -3.18. The predicted molar refractivity (Wildman–Crippen MR) is 92.9 cm³/mol. The van der Waals surface area contributed by atoms with Crippen molar-refractivity contribution >= 4 is 0 Å². The fourth-order valence-electron chi connectivity index (χ4n) is 6.47. The van der Waals surface area contributed by atoms with Gasteiger partial charge in [0, 0.05) is 11.8 Å². The van der Waals surface area contributed by atoms with Crippen molar-refractivity contribution in [1.82, 2.24) is 0 Å². The molecule has 0 radical (unpaired) electrons. The van der Waals surface area contributed by atoms with E-state index in [0.29, 0.717) is 0 Å². The molecule has 0 spiro atoms. The van der Waals surface area contributed by atoms with Crippen LogP contribution >= 0.6 is 0 Å². The molecule has 6 atom stereocenters. The second kappa shape index (κ2) is 6.51. The van der Waals surface area contributed by atoms with E-state index in [4.69, 9.17) is 0 Å². The van der Waals surface area contributed by atoms with E-state index < -0.39 is 0 Å². The van der Waals surface area contributed by atoms with Crippen LogP contribution in [0.25, 0.3) is 0 Å². The molecule has 22 heavy (non-hydrogen) atoms. The predicted octanol–water partition coefficient (Wildman–Crippen LogP) is 3.77. The van der Waals surface area contributed by atoms with Crippen molar-refractivity contribution in [3.8, 4) is 0 Å². The Balaban J connectivity index is 1.51. The van der Waals surface area contributed by atoms with Gasteiger partial charge in [0.2, 0.25) is 0 Å². The molecular weight excluding hydrogens is 266 g/mol. The molecule has 4 aliphatic rings. The summed E-state index contributed by atoms with van der Waals surface area (Å²) in [7, 11) is 2.57. The number of rotatable bonds is 2. The zero-order valence-corrected chi connectivity index (χ0v) is 14.3. The van der Waals surface area contributed by atoms with Crippen molar-refractivity contribution in [3.05, 3.63) is 24.3 Å². The molecule has 6 unspecified atom stereocenters. The van der Waals surface area contributed by atoms with Gasteiger partial charge in [-0.05, 0) is 76.0 Å². The second-order valence-corrected chi connectivity index (χ2v) is 8.55. The highest BCUT2D eigenvalue weighted by molar-refractivity contribution is 5.00. The average molecular weight is 301 g/mol. The normalized spacial score (nSPS) is 45.9. The summed E-state index contributed by atoms with van der Waals surface area (Å²) in [6.07, 6.45) is 24.3. The van der Waals surface area contributed by atoms with Crippen LogP contribution in [-0.4, -0.2) is 19.1 Å². The minimum atomic E-state index is 0.943. The van der Waals surface area contributed by atoms with Crippen LogP contribution in [0.2, 0.25) is 0 Å². The molecule has 2 fully saturated rings. The molecular formula is C21H34N+. The highest BCUT2D eigenvalue weighted by atomic mass is 15.2. The molecule has 0 aromatic heterocycles. The Bertz CT molecular complexity index is 397. The van der Waals surface area contributed by atoms with Crippen LogP contribution < -0.4 is 4.90 Å². The summed E-state index contributed by atoms with van der Waals surface area (Å²) in [6.45, 7) is 0. The lowest BCUT2D eigenvalue weighted by atomic mass is 9.67. The van der Waals surface area contributed by atoms with Crippen molar-refractivity contribution < 1.29 is 4.90 Å². The summed E-state index contributed by atoms with van der Waals surface area (Å²) in [6, 6.07) is 1.89. The Morgan fingerprint density at radius 3 is 1.59 bits per heavy atom. The van der Waals surface area contributed by atoms with E-state index in [9.17, 15) is 0 Å². The molecule has 0 aliphatic heterocycles. The Morgan fingerprint density at radius 2 is 1.09 bits per heavy atom. The van der Waals surface area contributed by atoms with Gasteiger partial charge in [-0.3, -0.25) is 0 Å². The van der Waals surface area contributed by atoms with Crippen LogP contribution in [0.5, 0.6) is 0 Å². The quantitative estimate of drug-likeness (QED) is 0.741. The van der Waals surface area contributed by atoms with E-state index in [1.807, 2.05) is 4.90 Å². The van der Waals surface area contributed by atoms with Crippen molar-refractivity contribution in [2.24, 2.45) is 23.7 Å². The molecule has 0 aromatic rings. The van der Waals surface area contributed by atoms with E-state index in [1.54, 1.807) is 0 Å². The third-order valence-electron chi connectivity index (χ3n) is 7.62. The van der Waals surface area contributed by atoms with Gasteiger partial charge in [0.15, 0.2) is 0 Å². The number of fused-ring (bicyclic) bond motifs is 2. The number of hydrogen-bond donors (Lipinski definition) is 1. The minimum absolute atomic E-state index is 0.943. The van der Waals surface area contributed by atoms with Crippen molar-refractivity contribution in [1.29, 1.82) is 0 Å². The van der Waals surface area contributed by atoms with Gasteiger partial charge in [-0.1, -0.05) is 24.3 Å². The summed E-state index contributed by atoms with van der Waals surface area (Å²) in [5, 5.41) is 0. The molecule has 0 amide bonds. The molecule has 122 valence electrons. The first-order valence-electron chi connectivity index (χ1n) is 9.98. The largest absolute Gasteiger partial charge is 0.332 e. The summed E-state index contributed by atoms with van der Waals surface area (Å²) in [4.78, 5) is 1.93. The molecule has 1 N–H and O–H groups in total. The van der Waals surface area contributed by atoms with Crippen molar-refractivity contribution in [2.75, 3.05) is 7.05 Å². The molecule has 1 nitrogen and oxygen atoms in total. The first-order valence-corrected chi connectivity index (χ1v) is 9.98. The minimum Gasteiger partial charge on any atom is -0.332 e. The standard InChI is InChI=1S/C21H33N/c1-22(20-14-6-10-16-8-2-4-12-18(16)20)21-15-7-11-17-9-3-5-13-19(17)21/h2-5,16-21H,6-15H2,1H3/p+1. The van der Waals surface area contributed by atoms with Crippen LogP contribution in [0, 0.1) is 23.7 Å². The first-order chi connectivity index (χ1) is 10.8. The lowest BCUT2D eigenvalue weighted by Gasteiger charge is -2.48. The smallest absolute Gasteiger partial charge is 0.0909 e. The van der Waals surface area contributed by atoms with E-state index in [2.05, 4.69) is 31.4 Å². The summed E-state index contributed by atoms with van der Waals surface area (Å²) < 4.78 is 0. The zero-order valence-electron chi connectivity index (χ0n) is 14.3. The molecule has 0 heterocycles. The van der Waals surface area contributed by atoms with Crippen LogP contribution in [0.1, 0.15) is 64.2 Å². The van der Waals surface area contributed by atoms with E-state index in [0.717, 1.165) is 35.8 Å². The van der Waals surface area contributed by atoms with Crippen LogP contribution in [0.3, 0.4) is 0 Å². The van der Waals surface area contributed by atoms with Crippen LogP contribution in [0.15, 0.2) is 24.3 Å². The Morgan fingerprint density at radius 1 is 0.636 bits per heavy atom. The molecule has 2 saturated carbocycles. The Labute approximate surface area is 136 Å². The fourth-order valence-corrected chi connectivity index (χ4v) is 6.47. The fraction of sp³-hybridized carbons (Fsp3) is 0.810. The number of nitrogens with one attached hydrogen (secondary N) is 1. The molecule has 0 aromatic carbocycles. The maximum absolute atomic E-state index is 2.57. The third-order valence-corrected chi connectivity index (χ3v) is 7.62. The van der Waals surface area contributed by atoms with E-state index in [-0.39, 0.29) is 0 Å². The zero-order chi connectivity index (χ0) is 14.9. The van der Waals surface area contributed by atoms with Crippen molar-refractivity contribution in [2.45, 2.75) is 76.3 Å². The van der Waals surface area contributed by atoms with E-state index >= 15 is 0 Å². The number of quaternary nitrogens is 1. The monoisotopic (exact) mass is 300 g/mol. The van der Waals surface area contributed by atoms with Gasteiger partial charge in [0.1, 0.15) is 0 Å². The maximum Gasteiger partial charge on any atom is 0.0909 e. The Kier molecular flexibility index (Phi) is 4.44. The molecule has 0 saturated heterocycles.